The van der Waals surface area contributed by atoms with Crippen LogP contribution in [-0.4, -0.2) is 32.3 Å². The van der Waals surface area contributed by atoms with Crippen LogP contribution in [-0.2, 0) is 21.4 Å². The maximum absolute atomic E-state index is 12.0. The van der Waals surface area contributed by atoms with Crippen LogP contribution in [0.1, 0.15) is 11.3 Å². The molecule has 0 atom stereocenters. The van der Waals surface area contributed by atoms with Gasteiger partial charge < -0.3 is 9.84 Å². The first-order valence-electron chi connectivity index (χ1n) is 6.68. The molecule has 0 fully saturated rings. The molecular formula is C14H16ClN3O4S. The molecule has 1 N–H and O–H groups in total. The van der Waals surface area contributed by atoms with Crippen LogP contribution in [0.4, 0.5) is 5.82 Å². The molecular weight excluding hydrogens is 342 g/mol. The smallest absolute Gasteiger partial charge is 0.241 e. The molecule has 0 aliphatic heterocycles. The van der Waals surface area contributed by atoms with Crippen molar-refractivity contribution in [2.24, 2.45) is 0 Å². The van der Waals surface area contributed by atoms with Crippen LogP contribution in [0, 0.1) is 6.92 Å². The van der Waals surface area contributed by atoms with E-state index in [4.69, 9.17) is 16.1 Å². The topological polar surface area (TPSA) is 92.5 Å². The molecule has 9 heteroatoms. The highest BCUT2D eigenvalue weighted by atomic mass is 35.5. The quantitative estimate of drug-likeness (QED) is 0.849. The van der Waals surface area contributed by atoms with Gasteiger partial charge >= 0.3 is 0 Å². The number of aryl methyl sites for hydroxylation is 1. The van der Waals surface area contributed by atoms with Crippen LogP contribution in [0.5, 0.6) is 0 Å². The summed E-state index contributed by atoms with van der Waals surface area (Å²) in [6.07, 6.45) is 0.998. The minimum atomic E-state index is -3.67. The molecule has 2 aromatic rings. The normalized spacial score (nSPS) is 11.3. The van der Waals surface area contributed by atoms with Gasteiger partial charge in [-0.3, -0.25) is 4.79 Å². The van der Waals surface area contributed by atoms with E-state index in [0.29, 0.717) is 10.8 Å². The van der Waals surface area contributed by atoms with Crippen molar-refractivity contribution in [3.63, 3.8) is 0 Å². The van der Waals surface area contributed by atoms with E-state index in [1.54, 1.807) is 31.2 Å². The maximum atomic E-state index is 12.0. The molecule has 0 aliphatic rings. The first-order valence-corrected chi connectivity index (χ1v) is 8.91. The Hall–Kier alpha value is -2.06. The standard InChI is InChI=1S/C14H16ClN3O4S/c1-10-7-13(17-22-10)18(23(2,20)21)9-14(19)16-8-11-5-3-4-6-12(11)15/h3-7H,8-9H2,1-2H3,(H,16,19). The molecule has 0 saturated carbocycles. The number of hydrogen-bond donors (Lipinski definition) is 1. The number of anilines is 1. The van der Waals surface area contributed by atoms with Crippen molar-refractivity contribution >= 4 is 33.3 Å². The minimum Gasteiger partial charge on any atom is -0.360 e. The number of rotatable bonds is 6. The van der Waals surface area contributed by atoms with E-state index < -0.39 is 22.5 Å². The molecule has 0 bridgehead atoms. The summed E-state index contributed by atoms with van der Waals surface area (Å²) < 4.78 is 29.4. The Balaban J connectivity index is 2.05. The highest BCUT2D eigenvalue weighted by molar-refractivity contribution is 7.92. The summed E-state index contributed by atoms with van der Waals surface area (Å²) in [7, 11) is -3.67. The Morgan fingerprint density at radius 1 is 1.39 bits per heavy atom. The van der Waals surface area contributed by atoms with Crippen molar-refractivity contribution in [3.8, 4) is 0 Å². The second kappa shape index (κ2) is 7.01. The van der Waals surface area contributed by atoms with Gasteiger partial charge in [-0.25, -0.2) is 12.7 Å². The number of aromatic nitrogens is 1. The summed E-state index contributed by atoms with van der Waals surface area (Å²) in [5.41, 5.74) is 0.741. The van der Waals surface area contributed by atoms with Crippen molar-refractivity contribution < 1.29 is 17.7 Å². The summed E-state index contributed by atoms with van der Waals surface area (Å²) >= 11 is 6.00. The molecule has 1 aromatic carbocycles. The van der Waals surface area contributed by atoms with E-state index in [1.807, 2.05) is 0 Å². The Bertz CT molecular complexity index is 804. The maximum Gasteiger partial charge on any atom is 0.241 e. The number of hydrogen-bond acceptors (Lipinski definition) is 5. The van der Waals surface area contributed by atoms with E-state index in [0.717, 1.165) is 16.1 Å². The number of amides is 1. The van der Waals surface area contributed by atoms with Gasteiger partial charge in [0.2, 0.25) is 15.9 Å². The highest BCUT2D eigenvalue weighted by Gasteiger charge is 2.23. The predicted octanol–water partition coefficient (Wildman–Crippen LogP) is 1.72. The molecule has 1 aromatic heterocycles. The number of halogens is 1. The van der Waals surface area contributed by atoms with Gasteiger partial charge in [0.15, 0.2) is 5.82 Å². The van der Waals surface area contributed by atoms with Crippen LogP contribution in [0.3, 0.4) is 0 Å². The number of sulfonamides is 1. The SMILES string of the molecule is Cc1cc(N(CC(=O)NCc2ccccc2Cl)S(C)(=O)=O)no1. The Morgan fingerprint density at radius 3 is 2.65 bits per heavy atom. The fraction of sp³-hybridized carbons (Fsp3) is 0.286. The average Bonchev–Trinajstić information content (AvgIpc) is 2.89. The van der Waals surface area contributed by atoms with Gasteiger partial charge in [0, 0.05) is 17.6 Å². The summed E-state index contributed by atoms with van der Waals surface area (Å²) in [6.45, 7) is 1.44. The number of carbonyl (C=O) groups is 1. The lowest BCUT2D eigenvalue weighted by Crippen LogP contribution is -2.40. The van der Waals surface area contributed by atoms with Crippen molar-refractivity contribution in [1.82, 2.24) is 10.5 Å². The third kappa shape index (κ3) is 4.70. The molecule has 1 heterocycles. The first kappa shape index (κ1) is 17.3. The molecule has 2 rings (SSSR count). The zero-order chi connectivity index (χ0) is 17.0. The van der Waals surface area contributed by atoms with Crippen molar-refractivity contribution in [2.45, 2.75) is 13.5 Å². The van der Waals surface area contributed by atoms with Crippen molar-refractivity contribution in [1.29, 1.82) is 0 Å². The summed E-state index contributed by atoms with van der Waals surface area (Å²) in [6, 6.07) is 8.52. The highest BCUT2D eigenvalue weighted by Crippen LogP contribution is 2.17. The van der Waals surface area contributed by atoms with Gasteiger partial charge in [-0.15, -0.1) is 0 Å². The first-order chi connectivity index (χ1) is 10.8. The van der Waals surface area contributed by atoms with Gasteiger partial charge in [-0.05, 0) is 18.6 Å². The van der Waals surface area contributed by atoms with Gasteiger partial charge in [0.25, 0.3) is 0 Å². The molecule has 1 amide bonds. The van der Waals surface area contributed by atoms with E-state index in [9.17, 15) is 13.2 Å². The largest absolute Gasteiger partial charge is 0.360 e. The van der Waals surface area contributed by atoms with E-state index in [-0.39, 0.29) is 12.4 Å². The number of carbonyl (C=O) groups excluding carboxylic acids is 1. The molecule has 7 nitrogen and oxygen atoms in total. The Kier molecular flexibility index (Phi) is 5.27. The summed E-state index contributed by atoms with van der Waals surface area (Å²) in [5.74, 6) is 0.0408. The monoisotopic (exact) mass is 357 g/mol. The number of nitrogens with zero attached hydrogens (tertiary/aromatic N) is 2. The van der Waals surface area contributed by atoms with Crippen LogP contribution in [0.15, 0.2) is 34.9 Å². The zero-order valence-corrected chi connectivity index (χ0v) is 14.2. The molecule has 23 heavy (non-hydrogen) atoms. The molecule has 0 radical (unpaired) electrons. The van der Waals surface area contributed by atoms with Gasteiger partial charge in [0.05, 0.1) is 6.26 Å². The second-order valence-electron chi connectivity index (χ2n) is 4.93. The van der Waals surface area contributed by atoms with Gasteiger partial charge in [-0.1, -0.05) is 35.0 Å². The summed E-state index contributed by atoms with van der Waals surface area (Å²) in [5, 5.41) is 6.80. The lowest BCUT2D eigenvalue weighted by molar-refractivity contribution is -0.119. The lowest BCUT2D eigenvalue weighted by atomic mass is 10.2. The predicted molar refractivity (Wildman–Crippen MR) is 86.7 cm³/mol. The minimum absolute atomic E-state index is 0.0675. The third-order valence-corrected chi connectivity index (χ3v) is 4.48. The van der Waals surface area contributed by atoms with Gasteiger partial charge in [-0.2, -0.15) is 0 Å². The number of benzene rings is 1. The van der Waals surface area contributed by atoms with Crippen molar-refractivity contribution in [2.75, 3.05) is 17.1 Å². The second-order valence-corrected chi connectivity index (χ2v) is 7.25. The van der Waals surface area contributed by atoms with E-state index >= 15 is 0 Å². The molecule has 0 saturated heterocycles. The average molecular weight is 358 g/mol. The summed E-state index contributed by atoms with van der Waals surface area (Å²) in [4.78, 5) is 12.0. The third-order valence-electron chi connectivity index (χ3n) is 2.99. The van der Waals surface area contributed by atoms with Crippen LogP contribution >= 0.6 is 11.6 Å². The van der Waals surface area contributed by atoms with Crippen LogP contribution in [0.25, 0.3) is 0 Å². The van der Waals surface area contributed by atoms with Crippen LogP contribution < -0.4 is 9.62 Å². The zero-order valence-electron chi connectivity index (χ0n) is 12.6. The molecule has 0 spiro atoms. The number of nitrogens with one attached hydrogen (secondary N) is 1. The fourth-order valence-electron chi connectivity index (χ4n) is 1.86. The van der Waals surface area contributed by atoms with Crippen molar-refractivity contribution in [3.05, 3.63) is 46.7 Å². The fourth-order valence-corrected chi connectivity index (χ4v) is 2.84. The van der Waals surface area contributed by atoms with E-state index in [1.165, 1.54) is 6.07 Å². The van der Waals surface area contributed by atoms with Gasteiger partial charge in [0.1, 0.15) is 12.3 Å². The Morgan fingerprint density at radius 2 is 2.09 bits per heavy atom. The lowest BCUT2D eigenvalue weighted by Gasteiger charge is -2.18. The molecule has 0 unspecified atom stereocenters. The molecule has 124 valence electrons. The van der Waals surface area contributed by atoms with Crippen LogP contribution in [0.2, 0.25) is 5.02 Å². The Labute approximate surface area is 139 Å². The van der Waals surface area contributed by atoms with E-state index in [2.05, 4.69) is 10.5 Å². The molecule has 0 aliphatic carbocycles.